The van der Waals surface area contributed by atoms with Crippen LogP contribution in [0.15, 0.2) is 42.5 Å². The lowest BCUT2D eigenvalue weighted by molar-refractivity contribution is -0.133. The van der Waals surface area contributed by atoms with Gasteiger partial charge in [0, 0.05) is 25.0 Å². The van der Waals surface area contributed by atoms with Crippen molar-refractivity contribution in [2.24, 2.45) is 5.92 Å². The molecule has 1 amide bonds. The Kier molecular flexibility index (Phi) is 7.04. The number of methoxy groups -OCH3 is 1. The minimum atomic E-state index is 0.0715. The Labute approximate surface area is 201 Å². The van der Waals surface area contributed by atoms with Crippen LogP contribution >= 0.6 is 23.2 Å². The van der Waals surface area contributed by atoms with E-state index in [1.165, 1.54) is 5.56 Å². The number of likely N-dealkylation sites (tertiary alicyclic amines) is 1. The number of piperidine rings is 1. The molecule has 1 aliphatic carbocycles. The fourth-order valence-corrected chi connectivity index (χ4v) is 6.02. The van der Waals surface area contributed by atoms with Crippen molar-refractivity contribution in [1.82, 2.24) is 9.80 Å². The number of hydrogen-bond acceptors (Lipinski definition) is 3. The third kappa shape index (κ3) is 4.64. The SMILES string of the molecule is COc1cccc(C23CCN(C)CC2CCC(N(C)C(=O)Cc2ccc(Cl)c(Cl)c2)C3)c1. The van der Waals surface area contributed by atoms with E-state index >= 15 is 0 Å². The molecule has 0 radical (unpaired) electrons. The standard InChI is InChI=1S/C26H32Cl2N2O2/c1-29-12-11-26(19-5-4-6-22(15-19)32-3)16-21(9-8-20(26)17-29)30(2)25(31)14-18-7-10-23(27)24(28)13-18/h4-7,10,13,15,20-21H,8-9,11-12,14,16-17H2,1-3H3. The van der Waals surface area contributed by atoms with Gasteiger partial charge in [-0.25, -0.2) is 0 Å². The second kappa shape index (κ2) is 9.62. The first-order valence-electron chi connectivity index (χ1n) is 11.3. The van der Waals surface area contributed by atoms with Crippen LogP contribution in [0.4, 0.5) is 0 Å². The maximum atomic E-state index is 13.2. The van der Waals surface area contributed by atoms with Crippen LogP contribution in [0.3, 0.4) is 0 Å². The lowest BCUT2D eigenvalue weighted by atomic mass is 9.58. The van der Waals surface area contributed by atoms with Crippen LogP contribution in [0.25, 0.3) is 0 Å². The van der Waals surface area contributed by atoms with E-state index in [1.807, 2.05) is 24.1 Å². The molecule has 1 saturated carbocycles. The van der Waals surface area contributed by atoms with Gasteiger partial charge in [-0.1, -0.05) is 41.4 Å². The lowest BCUT2D eigenvalue weighted by Crippen LogP contribution is -2.55. The van der Waals surface area contributed by atoms with Crippen molar-refractivity contribution < 1.29 is 9.53 Å². The molecule has 2 aromatic carbocycles. The molecule has 172 valence electrons. The molecule has 0 N–H and O–H groups in total. The number of hydrogen-bond donors (Lipinski definition) is 0. The number of benzene rings is 2. The zero-order valence-corrected chi connectivity index (χ0v) is 20.6. The van der Waals surface area contributed by atoms with Gasteiger partial charge < -0.3 is 14.5 Å². The predicted molar refractivity (Wildman–Crippen MR) is 131 cm³/mol. The van der Waals surface area contributed by atoms with Gasteiger partial charge in [0.05, 0.1) is 23.6 Å². The highest BCUT2D eigenvalue weighted by Gasteiger charge is 2.48. The molecule has 2 aliphatic rings. The van der Waals surface area contributed by atoms with Crippen molar-refractivity contribution in [2.75, 3.05) is 34.3 Å². The van der Waals surface area contributed by atoms with Crippen LogP contribution in [-0.4, -0.2) is 56.0 Å². The van der Waals surface area contributed by atoms with Gasteiger partial charge in [-0.3, -0.25) is 4.79 Å². The van der Waals surface area contributed by atoms with Gasteiger partial charge in [0.1, 0.15) is 5.75 Å². The number of carbonyl (C=O) groups excluding carboxylic acids is 1. The van der Waals surface area contributed by atoms with E-state index in [4.69, 9.17) is 27.9 Å². The first-order chi connectivity index (χ1) is 15.3. The smallest absolute Gasteiger partial charge is 0.226 e. The molecule has 0 spiro atoms. The first-order valence-corrected chi connectivity index (χ1v) is 12.1. The summed E-state index contributed by atoms with van der Waals surface area (Å²) < 4.78 is 5.54. The minimum absolute atomic E-state index is 0.0715. The van der Waals surface area contributed by atoms with Crippen LogP contribution < -0.4 is 4.74 Å². The fourth-order valence-electron chi connectivity index (χ4n) is 5.70. The Balaban J connectivity index is 1.56. The van der Waals surface area contributed by atoms with Gasteiger partial charge in [-0.2, -0.15) is 0 Å². The lowest BCUT2D eigenvalue weighted by Gasteiger charge is -2.53. The third-order valence-electron chi connectivity index (χ3n) is 7.63. The minimum Gasteiger partial charge on any atom is -0.497 e. The number of likely N-dealkylation sites (N-methyl/N-ethyl adjacent to an activating group) is 1. The molecule has 2 fully saturated rings. The normalized spacial score (nSPS) is 25.8. The van der Waals surface area contributed by atoms with Crippen LogP contribution in [0.1, 0.15) is 36.8 Å². The Morgan fingerprint density at radius 1 is 1.19 bits per heavy atom. The van der Waals surface area contributed by atoms with Crippen molar-refractivity contribution >= 4 is 29.1 Å². The Morgan fingerprint density at radius 2 is 2.00 bits per heavy atom. The molecule has 0 bridgehead atoms. The maximum absolute atomic E-state index is 13.2. The second-order valence-electron chi connectivity index (χ2n) is 9.46. The summed E-state index contributed by atoms with van der Waals surface area (Å²) in [5.41, 5.74) is 2.32. The summed E-state index contributed by atoms with van der Waals surface area (Å²) in [6.45, 7) is 2.17. The second-order valence-corrected chi connectivity index (χ2v) is 10.3. The van der Waals surface area contributed by atoms with E-state index in [9.17, 15) is 4.79 Å². The number of nitrogens with zero attached hydrogens (tertiary/aromatic N) is 2. The Hall–Kier alpha value is -1.75. The average molecular weight is 475 g/mol. The molecule has 3 atom stereocenters. The third-order valence-corrected chi connectivity index (χ3v) is 8.37. The summed E-state index contributed by atoms with van der Waals surface area (Å²) in [4.78, 5) is 17.6. The number of amides is 1. The molecule has 32 heavy (non-hydrogen) atoms. The molecular weight excluding hydrogens is 443 g/mol. The summed E-state index contributed by atoms with van der Waals surface area (Å²) in [6, 6.07) is 14.2. The number of fused-ring (bicyclic) bond motifs is 1. The molecule has 1 aliphatic heterocycles. The predicted octanol–water partition coefficient (Wildman–Crippen LogP) is 5.45. The first kappa shape index (κ1) is 23.4. The summed E-state index contributed by atoms with van der Waals surface area (Å²) in [6.07, 6.45) is 4.58. The molecule has 0 aromatic heterocycles. The zero-order chi connectivity index (χ0) is 22.9. The number of halogens is 2. The van der Waals surface area contributed by atoms with E-state index in [2.05, 4.69) is 30.1 Å². The van der Waals surface area contributed by atoms with Gasteiger partial charge >= 0.3 is 0 Å². The zero-order valence-electron chi connectivity index (χ0n) is 19.1. The topological polar surface area (TPSA) is 32.8 Å². The molecule has 4 nitrogen and oxygen atoms in total. The molecule has 6 heteroatoms. The molecule has 1 saturated heterocycles. The summed E-state index contributed by atoms with van der Waals surface area (Å²) in [5.74, 6) is 1.62. The Bertz CT molecular complexity index is 982. The number of carbonyl (C=O) groups is 1. The average Bonchev–Trinajstić information content (AvgIpc) is 2.80. The van der Waals surface area contributed by atoms with E-state index in [1.54, 1.807) is 19.2 Å². The highest BCUT2D eigenvalue weighted by molar-refractivity contribution is 6.42. The van der Waals surface area contributed by atoms with E-state index in [-0.39, 0.29) is 17.4 Å². The van der Waals surface area contributed by atoms with Gasteiger partial charge in [0.15, 0.2) is 0 Å². The van der Waals surface area contributed by atoms with Crippen LogP contribution in [0.2, 0.25) is 10.0 Å². The molecule has 2 aromatic rings. The van der Waals surface area contributed by atoms with Crippen molar-refractivity contribution in [3.63, 3.8) is 0 Å². The van der Waals surface area contributed by atoms with Gasteiger partial charge in [0.25, 0.3) is 0 Å². The van der Waals surface area contributed by atoms with Crippen molar-refractivity contribution in [2.45, 2.75) is 43.6 Å². The van der Waals surface area contributed by atoms with Crippen LogP contribution in [0.5, 0.6) is 5.75 Å². The molecule has 3 unspecified atom stereocenters. The van der Waals surface area contributed by atoms with Crippen LogP contribution in [-0.2, 0) is 16.6 Å². The van der Waals surface area contributed by atoms with Gasteiger partial charge in [-0.05, 0) is 80.6 Å². The largest absolute Gasteiger partial charge is 0.497 e. The fraction of sp³-hybridized carbons (Fsp3) is 0.500. The highest BCUT2D eigenvalue weighted by atomic mass is 35.5. The van der Waals surface area contributed by atoms with Gasteiger partial charge in [-0.15, -0.1) is 0 Å². The summed E-state index contributed by atoms with van der Waals surface area (Å²) in [7, 11) is 5.90. The molecular formula is C26H32Cl2N2O2. The van der Waals surface area contributed by atoms with Crippen LogP contribution in [0, 0.1) is 5.92 Å². The summed E-state index contributed by atoms with van der Waals surface area (Å²) >= 11 is 12.2. The quantitative estimate of drug-likeness (QED) is 0.577. The van der Waals surface area contributed by atoms with E-state index < -0.39 is 0 Å². The number of ether oxygens (including phenoxy) is 1. The van der Waals surface area contributed by atoms with E-state index in [0.29, 0.717) is 22.4 Å². The van der Waals surface area contributed by atoms with Crippen molar-refractivity contribution in [3.05, 3.63) is 63.6 Å². The van der Waals surface area contributed by atoms with E-state index in [0.717, 1.165) is 50.1 Å². The number of rotatable bonds is 5. The monoisotopic (exact) mass is 474 g/mol. The highest BCUT2D eigenvalue weighted by Crippen LogP contribution is 2.50. The molecule has 1 heterocycles. The van der Waals surface area contributed by atoms with Crippen molar-refractivity contribution in [3.8, 4) is 5.75 Å². The van der Waals surface area contributed by atoms with Crippen molar-refractivity contribution in [1.29, 1.82) is 0 Å². The Morgan fingerprint density at radius 3 is 2.75 bits per heavy atom. The maximum Gasteiger partial charge on any atom is 0.226 e. The van der Waals surface area contributed by atoms with Gasteiger partial charge in [0.2, 0.25) is 5.91 Å². The molecule has 4 rings (SSSR count). The summed E-state index contributed by atoms with van der Waals surface area (Å²) in [5, 5.41) is 1.00.